The first-order valence-electron chi connectivity index (χ1n) is 10.9. The molecule has 1 aliphatic heterocycles. The highest BCUT2D eigenvalue weighted by Crippen LogP contribution is 2.47. The maximum Gasteiger partial charge on any atom is 0.422 e. The predicted octanol–water partition coefficient (Wildman–Crippen LogP) is 7.61. The Balaban J connectivity index is 1.88. The van der Waals surface area contributed by atoms with E-state index in [1.165, 1.54) is 48.4 Å². The zero-order valence-corrected chi connectivity index (χ0v) is 19.6. The molecule has 184 valence electrons. The molecule has 4 nitrogen and oxygen atoms in total. The highest BCUT2D eigenvalue weighted by molar-refractivity contribution is 7.98. The summed E-state index contributed by atoms with van der Waals surface area (Å²) in [4.78, 5) is 9.67. The molecule has 0 unspecified atom stereocenters. The van der Waals surface area contributed by atoms with Crippen LogP contribution in [0.1, 0.15) is 36.1 Å². The Hall–Kier alpha value is -3.14. The van der Waals surface area contributed by atoms with Gasteiger partial charge in [-0.2, -0.15) is 13.2 Å². The number of hydrogen-bond acceptors (Lipinski definition) is 5. The fourth-order valence-corrected chi connectivity index (χ4v) is 4.30. The highest BCUT2D eigenvalue weighted by Gasteiger charge is 2.40. The predicted molar refractivity (Wildman–Crippen MR) is 127 cm³/mol. The van der Waals surface area contributed by atoms with Crippen LogP contribution in [-0.2, 0) is 6.18 Å². The van der Waals surface area contributed by atoms with Gasteiger partial charge >= 0.3 is 6.18 Å². The van der Waals surface area contributed by atoms with Crippen molar-refractivity contribution in [2.75, 3.05) is 24.2 Å². The molecule has 0 N–H and O–H groups in total. The molecule has 3 aromatic rings. The zero-order chi connectivity index (χ0) is 25.0. The quantitative estimate of drug-likeness (QED) is 0.254. The number of rotatable bonds is 6. The van der Waals surface area contributed by atoms with Crippen molar-refractivity contribution >= 4 is 29.4 Å². The summed E-state index contributed by atoms with van der Waals surface area (Å²) in [5, 5.41) is 0.479. The molecule has 1 aliphatic rings. The molecular weight excluding hydrogens is 485 g/mol. The number of nitrogens with zero attached hydrogens (tertiary/aromatic N) is 3. The minimum atomic E-state index is -4.84. The Morgan fingerprint density at radius 2 is 1.77 bits per heavy atom. The molecule has 4 rings (SSSR count). The molecule has 0 aliphatic carbocycles. The van der Waals surface area contributed by atoms with Gasteiger partial charge in [-0.3, -0.25) is 4.98 Å². The first-order chi connectivity index (χ1) is 16.8. The summed E-state index contributed by atoms with van der Waals surface area (Å²) in [6.45, 7) is 0.743. The fourth-order valence-electron chi connectivity index (χ4n) is 3.94. The van der Waals surface area contributed by atoms with Gasteiger partial charge in [-0.05, 0) is 55.9 Å². The molecule has 2 aromatic carbocycles. The van der Waals surface area contributed by atoms with Crippen LogP contribution in [0.25, 0.3) is 11.9 Å². The molecule has 1 saturated heterocycles. The fraction of sp³-hybridized carbons (Fsp3) is 0.280. The standard InChI is InChI=1S/C25H22F5N3OS/c1-35-22-15-31-14-19(32-22)18(27)13-16-9-10-21(34-20-8-4-3-7-17(20)26)23(25(28,29)30)24(16)33-11-5-2-6-12-33/h3-4,7-10,13-15H,2,5-6,11-12H2,1H3. The average molecular weight is 508 g/mol. The van der Waals surface area contributed by atoms with Crippen molar-refractivity contribution in [1.29, 1.82) is 0 Å². The van der Waals surface area contributed by atoms with Crippen LogP contribution in [0, 0.1) is 5.82 Å². The number of para-hydroxylation sites is 1. The van der Waals surface area contributed by atoms with Crippen LogP contribution in [0.3, 0.4) is 0 Å². The van der Waals surface area contributed by atoms with Gasteiger partial charge in [0.2, 0.25) is 0 Å². The number of hydrogen-bond donors (Lipinski definition) is 0. The van der Waals surface area contributed by atoms with Crippen LogP contribution in [0.5, 0.6) is 11.5 Å². The maximum absolute atomic E-state index is 15.2. The summed E-state index contributed by atoms with van der Waals surface area (Å²) in [6, 6.07) is 7.67. The largest absolute Gasteiger partial charge is 0.454 e. The van der Waals surface area contributed by atoms with Gasteiger partial charge in [0, 0.05) is 18.7 Å². The second kappa shape index (κ2) is 10.6. The van der Waals surface area contributed by atoms with Crippen molar-refractivity contribution in [1.82, 2.24) is 9.97 Å². The molecule has 0 amide bonds. The van der Waals surface area contributed by atoms with E-state index < -0.39 is 29.1 Å². The number of thioether (sulfide) groups is 1. The summed E-state index contributed by atoms with van der Waals surface area (Å²) in [6.07, 6.45) is 2.91. The van der Waals surface area contributed by atoms with Crippen molar-refractivity contribution in [2.24, 2.45) is 0 Å². The number of ether oxygens (including phenoxy) is 1. The van der Waals surface area contributed by atoms with E-state index in [1.54, 1.807) is 11.2 Å². The van der Waals surface area contributed by atoms with E-state index >= 15 is 4.39 Å². The van der Waals surface area contributed by atoms with Gasteiger partial charge in [-0.15, -0.1) is 11.8 Å². The Kier molecular flexibility index (Phi) is 7.59. The second-order valence-electron chi connectivity index (χ2n) is 7.89. The normalized spacial score (nSPS) is 14.8. The molecule has 10 heteroatoms. The third-order valence-corrected chi connectivity index (χ3v) is 6.15. The highest BCUT2D eigenvalue weighted by atomic mass is 32.2. The van der Waals surface area contributed by atoms with Gasteiger partial charge in [-0.1, -0.05) is 12.1 Å². The zero-order valence-electron chi connectivity index (χ0n) is 18.8. The Morgan fingerprint density at radius 1 is 1.03 bits per heavy atom. The molecule has 0 atom stereocenters. The van der Waals surface area contributed by atoms with Crippen LogP contribution in [0.4, 0.5) is 27.6 Å². The van der Waals surface area contributed by atoms with Gasteiger partial charge in [-0.25, -0.2) is 13.8 Å². The van der Waals surface area contributed by atoms with E-state index in [2.05, 4.69) is 9.97 Å². The van der Waals surface area contributed by atoms with E-state index in [9.17, 15) is 17.6 Å². The van der Waals surface area contributed by atoms with Crippen LogP contribution in [-0.4, -0.2) is 29.3 Å². The minimum absolute atomic E-state index is 0.0222. The lowest BCUT2D eigenvalue weighted by Gasteiger charge is -2.33. The van der Waals surface area contributed by atoms with Crippen molar-refractivity contribution in [3.63, 3.8) is 0 Å². The molecule has 0 radical (unpaired) electrons. The number of piperidine rings is 1. The van der Waals surface area contributed by atoms with Crippen molar-refractivity contribution < 1.29 is 26.7 Å². The summed E-state index contributed by atoms with van der Waals surface area (Å²) >= 11 is 1.27. The lowest BCUT2D eigenvalue weighted by Crippen LogP contribution is -2.32. The second-order valence-corrected chi connectivity index (χ2v) is 8.72. The number of anilines is 1. The Morgan fingerprint density at radius 3 is 2.46 bits per heavy atom. The Labute approximate surface area is 203 Å². The molecule has 1 fully saturated rings. The lowest BCUT2D eigenvalue weighted by molar-refractivity contribution is -0.138. The van der Waals surface area contributed by atoms with Crippen molar-refractivity contribution in [3.8, 4) is 11.5 Å². The number of halogens is 5. The molecule has 0 spiro atoms. The lowest BCUT2D eigenvalue weighted by atomic mass is 10.00. The Bertz CT molecular complexity index is 1230. The first-order valence-corrected chi connectivity index (χ1v) is 12.2. The third kappa shape index (κ3) is 5.75. The van der Waals surface area contributed by atoms with Gasteiger partial charge < -0.3 is 9.64 Å². The minimum Gasteiger partial charge on any atom is -0.454 e. The van der Waals surface area contributed by atoms with Crippen molar-refractivity contribution in [3.05, 3.63) is 71.4 Å². The van der Waals surface area contributed by atoms with Crippen molar-refractivity contribution in [2.45, 2.75) is 30.5 Å². The molecule has 0 saturated carbocycles. The molecule has 2 heterocycles. The van der Waals surface area contributed by atoms with Crippen LogP contribution >= 0.6 is 11.8 Å². The van der Waals surface area contributed by atoms with Gasteiger partial charge in [0.1, 0.15) is 22.0 Å². The summed E-state index contributed by atoms with van der Waals surface area (Å²) in [5.41, 5.74) is -1.33. The molecule has 0 bridgehead atoms. The number of benzene rings is 2. The smallest absolute Gasteiger partial charge is 0.422 e. The number of alkyl halides is 3. The van der Waals surface area contributed by atoms with Crippen LogP contribution in [0.2, 0.25) is 0 Å². The van der Waals surface area contributed by atoms with E-state index in [0.717, 1.165) is 24.6 Å². The van der Waals surface area contributed by atoms with E-state index in [0.29, 0.717) is 31.0 Å². The SMILES string of the molecule is CSc1cncc(C(F)=Cc2ccc(Oc3ccccc3F)c(C(F)(F)F)c2N2CCCCC2)n1. The summed E-state index contributed by atoms with van der Waals surface area (Å²) < 4.78 is 78.2. The van der Waals surface area contributed by atoms with Crippen LogP contribution in [0.15, 0.2) is 53.8 Å². The van der Waals surface area contributed by atoms with Gasteiger partial charge in [0.15, 0.2) is 17.4 Å². The van der Waals surface area contributed by atoms with Crippen LogP contribution < -0.4 is 9.64 Å². The summed E-state index contributed by atoms with van der Waals surface area (Å²) in [7, 11) is 0. The average Bonchev–Trinajstić information content (AvgIpc) is 2.85. The molecule has 1 aromatic heterocycles. The van der Waals surface area contributed by atoms with E-state index in [4.69, 9.17) is 4.74 Å². The monoisotopic (exact) mass is 507 g/mol. The number of aromatic nitrogens is 2. The molecule has 35 heavy (non-hydrogen) atoms. The summed E-state index contributed by atoms with van der Waals surface area (Å²) in [5.74, 6) is -2.49. The maximum atomic E-state index is 15.2. The first kappa shape index (κ1) is 25.0. The van der Waals surface area contributed by atoms with E-state index in [-0.39, 0.29) is 22.7 Å². The third-order valence-electron chi connectivity index (χ3n) is 5.53. The van der Waals surface area contributed by atoms with E-state index in [1.807, 2.05) is 0 Å². The van der Waals surface area contributed by atoms with Gasteiger partial charge in [0.25, 0.3) is 0 Å². The van der Waals surface area contributed by atoms with Gasteiger partial charge in [0.05, 0.1) is 18.1 Å². The molecular formula is C25H22F5N3OS. The topological polar surface area (TPSA) is 38.2 Å².